The first-order valence-electron chi connectivity index (χ1n) is 9.53. The maximum Gasteiger partial charge on any atom is 0.135 e. The van der Waals surface area contributed by atoms with Gasteiger partial charge in [-0.25, -0.2) is 0 Å². The van der Waals surface area contributed by atoms with Crippen LogP contribution in [0.25, 0.3) is 16.7 Å². The molecule has 0 aliphatic heterocycles. The summed E-state index contributed by atoms with van der Waals surface area (Å²) in [5, 5.41) is 12.0. The Hall–Kier alpha value is -3.42. The van der Waals surface area contributed by atoms with Crippen molar-refractivity contribution in [3.63, 3.8) is 0 Å². The molecule has 0 spiro atoms. The van der Waals surface area contributed by atoms with Gasteiger partial charge in [0.2, 0.25) is 0 Å². The van der Waals surface area contributed by atoms with Crippen LogP contribution >= 0.6 is 0 Å². The van der Waals surface area contributed by atoms with Gasteiger partial charge in [-0.1, -0.05) is 109 Å². The number of fused-ring (bicyclic) bond motifs is 3. The van der Waals surface area contributed by atoms with E-state index in [0.29, 0.717) is 0 Å². The van der Waals surface area contributed by atoms with Crippen LogP contribution in [0.3, 0.4) is 0 Å². The van der Waals surface area contributed by atoms with E-state index in [-0.39, 0.29) is 0 Å². The molecule has 0 saturated carbocycles. The fourth-order valence-electron chi connectivity index (χ4n) is 4.18. The van der Waals surface area contributed by atoms with E-state index in [1.54, 1.807) is 0 Å². The highest BCUT2D eigenvalue weighted by molar-refractivity contribution is 5.86. The van der Waals surface area contributed by atoms with Crippen LogP contribution in [0.2, 0.25) is 0 Å². The van der Waals surface area contributed by atoms with Crippen LogP contribution < -0.4 is 0 Å². The van der Waals surface area contributed by atoms with Crippen molar-refractivity contribution in [3.8, 4) is 11.1 Å². The summed E-state index contributed by atoms with van der Waals surface area (Å²) in [7, 11) is 0. The third-order valence-electron chi connectivity index (χ3n) is 5.49. The number of hydrogen-bond donors (Lipinski definition) is 1. The van der Waals surface area contributed by atoms with Crippen LogP contribution in [0.4, 0.5) is 0 Å². The second-order valence-electron chi connectivity index (χ2n) is 7.15. The van der Waals surface area contributed by atoms with Crippen LogP contribution in [0.5, 0.6) is 0 Å². The van der Waals surface area contributed by atoms with Gasteiger partial charge in [-0.05, 0) is 45.0 Å². The molecule has 0 amide bonds. The maximum absolute atomic E-state index is 12.0. The number of rotatable bonds is 3. The average molecular weight is 360 g/mol. The Morgan fingerprint density at radius 1 is 0.536 bits per heavy atom. The molecule has 5 rings (SSSR count). The van der Waals surface area contributed by atoms with E-state index >= 15 is 0 Å². The summed E-state index contributed by atoms with van der Waals surface area (Å²) in [6.07, 6.45) is 2.02. The third kappa shape index (κ3) is 2.60. The Bertz CT molecular complexity index is 1070. The fraction of sp³-hybridized carbons (Fsp3) is 0.0370. The first-order chi connectivity index (χ1) is 13.8. The molecular weight excluding hydrogens is 340 g/mol. The van der Waals surface area contributed by atoms with Gasteiger partial charge in [0.15, 0.2) is 0 Å². The molecule has 1 N–H and O–H groups in total. The predicted octanol–water partition coefficient (Wildman–Crippen LogP) is 6.03. The zero-order chi connectivity index (χ0) is 19.0. The van der Waals surface area contributed by atoms with Gasteiger partial charge in [0.05, 0.1) is 0 Å². The van der Waals surface area contributed by atoms with E-state index in [4.69, 9.17) is 0 Å². The SMILES string of the molecule is OC1(C=C(c2ccccc2)c2ccccc2)c2ccccc2-c2ccccc21. The van der Waals surface area contributed by atoms with Crippen molar-refractivity contribution >= 4 is 5.57 Å². The smallest absolute Gasteiger partial charge is 0.135 e. The monoisotopic (exact) mass is 360 g/mol. The molecule has 0 atom stereocenters. The van der Waals surface area contributed by atoms with E-state index in [9.17, 15) is 5.11 Å². The van der Waals surface area contributed by atoms with Gasteiger partial charge in [0.25, 0.3) is 0 Å². The van der Waals surface area contributed by atoms with Crippen LogP contribution in [0.15, 0.2) is 115 Å². The third-order valence-corrected chi connectivity index (χ3v) is 5.49. The minimum atomic E-state index is -1.17. The lowest BCUT2D eigenvalue weighted by Gasteiger charge is -2.24. The molecule has 0 fully saturated rings. The summed E-state index contributed by atoms with van der Waals surface area (Å²) in [6, 6.07) is 36.8. The van der Waals surface area contributed by atoms with E-state index in [1.165, 1.54) is 0 Å². The van der Waals surface area contributed by atoms with Gasteiger partial charge in [-0.15, -0.1) is 0 Å². The summed E-state index contributed by atoms with van der Waals surface area (Å²) >= 11 is 0. The Balaban J connectivity index is 1.80. The topological polar surface area (TPSA) is 20.2 Å². The quantitative estimate of drug-likeness (QED) is 0.472. The molecule has 28 heavy (non-hydrogen) atoms. The predicted molar refractivity (Wildman–Crippen MR) is 115 cm³/mol. The largest absolute Gasteiger partial charge is 0.377 e. The molecule has 1 heteroatoms. The molecule has 0 heterocycles. The molecule has 1 nitrogen and oxygen atoms in total. The van der Waals surface area contributed by atoms with Crippen LogP contribution in [0.1, 0.15) is 22.3 Å². The molecule has 134 valence electrons. The average Bonchev–Trinajstić information content (AvgIpc) is 3.03. The fourth-order valence-corrected chi connectivity index (χ4v) is 4.18. The van der Waals surface area contributed by atoms with Gasteiger partial charge in [0, 0.05) is 0 Å². The normalized spacial score (nSPS) is 13.5. The number of aliphatic hydroxyl groups is 1. The van der Waals surface area contributed by atoms with E-state index in [0.717, 1.165) is 39.0 Å². The lowest BCUT2D eigenvalue weighted by Crippen LogP contribution is -2.22. The molecule has 0 aromatic heterocycles. The van der Waals surface area contributed by atoms with Gasteiger partial charge in [0.1, 0.15) is 5.60 Å². The second-order valence-corrected chi connectivity index (χ2v) is 7.15. The highest BCUT2D eigenvalue weighted by Crippen LogP contribution is 2.49. The zero-order valence-electron chi connectivity index (χ0n) is 15.4. The van der Waals surface area contributed by atoms with Crippen molar-refractivity contribution in [3.05, 3.63) is 138 Å². The molecule has 0 unspecified atom stereocenters. The molecule has 1 aliphatic rings. The van der Waals surface area contributed by atoms with Crippen molar-refractivity contribution in [2.45, 2.75) is 5.60 Å². The summed E-state index contributed by atoms with van der Waals surface area (Å²) in [6.45, 7) is 0. The molecule has 4 aromatic rings. The molecule has 1 aliphatic carbocycles. The first kappa shape index (κ1) is 16.7. The highest BCUT2D eigenvalue weighted by Gasteiger charge is 2.40. The van der Waals surface area contributed by atoms with Crippen molar-refractivity contribution in [2.75, 3.05) is 0 Å². The van der Waals surface area contributed by atoms with Crippen LogP contribution in [-0.2, 0) is 5.60 Å². The molecule has 0 saturated heterocycles. The summed E-state index contributed by atoms with van der Waals surface area (Å²) < 4.78 is 0. The Labute approximate surface area is 165 Å². The lowest BCUT2D eigenvalue weighted by atomic mass is 9.85. The van der Waals surface area contributed by atoms with E-state index in [2.05, 4.69) is 36.4 Å². The van der Waals surface area contributed by atoms with Crippen molar-refractivity contribution < 1.29 is 5.11 Å². The summed E-state index contributed by atoms with van der Waals surface area (Å²) in [5.41, 5.74) is 6.08. The van der Waals surface area contributed by atoms with Gasteiger partial charge in [-0.3, -0.25) is 0 Å². The Morgan fingerprint density at radius 3 is 1.39 bits per heavy atom. The van der Waals surface area contributed by atoms with Crippen molar-refractivity contribution in [2.24, 2.45) is 0 Å². The molecule has 0 radical (unpaired) electrons. The minimum Gasteiger partial charge on any atom is -0.377 e. The molecule has 0 bridgehead atoms. The first-order valence-corrected chi connectivity index (χ1v) is 9.53. The standard InChI is InChI=1S/C27H20O/c28-27(25-17-9-7-15-22(25)23-16-8-10-18-26(23)27)19-24(20-11-3-1-4-12-20)21-13-5-2-6-14-21/h1-19,28H. The Morgan fingerprint density at radius 2 is 0.929 bits per heavy atom. The summed E-state index contributed by atoms with van der Waals surface area (Å²) in [4.78, 5) is 0. The van der Waals surface area contributed by atoms with Crippen molar-refractivity contribution in [1.29, 1.82) is 0 Å². The zero-order valence-corrected chi connectivity index (χ0v) is 15.4. The van der Waals surface area contributed by atoms with Gasteiger partial charge in [-0.2, -0.15) is 0 Å². The van der Waals surface area contributed by atoms with Gasteiger partial charge >= 0.3 is 0 Å². The van der Waals surface area contributed by atoms with E-state index in [1.807, 2.05) is 78.9 Å². The van der Waals surface area contributed by atoms with E-state index < -0.39 is 5.60 Å². The van der Waals surface area contributed by atoms with Gasteiger partial charge < -0.3 is 5.11 Å². The highest BCUT2D eigenvalue weighted by atomic mass is 16.3. The van der Waals surface area contributed by atoms with Crippen LogP contribution in [0, 0.1) is 0 Å². The molecular formula is C27H20O. The second kappa shape index (κ2) is 6.63. The molecule has 4 aromatic carbocycles. The number of hydrogen-bond acceptors (Lipinski definition) is 1. The van der Waals surface area contributed by atoms with Crippen molar-refractivity contribution in [1.82, 2.24) is 0 Å². The maximum atomic E-state index is 12.0. The summed E-state index contributed by atoms with van der Waals surface area (Å²) in [5.74, 6) is 0. The Kier molecular flexibility index (Phi) is 3.96. The minimum absolute atomic E-state index is 0.931. The van der Waals surface area contributed by atoms with Crippen LogP contribution in [-0.4, -0.2) is 5.11 Å². The lowest BCUT2D eigenvalue weighted by molar-refractivity contribution is 0.140. The number of benzene rings is 4.